The Morgan fingerprint density at radius 1 is 1.08 bits per heavy atom. The van der Waals surface area contributed by atoms with Gasteiger partial charge in [-0.3, -0.25) is 4.79 Å². The molecule has 0 radical (unpaired) electrons. The molecule has 1 N–H and O–H groups in total. The second kappa shape index (κ2) is 6.26. The SMILES string of the molecule is CSc1ccc([C@@H]2CC(=O)Nc3c2cc(Br)c2ccccc32)cc1. The fourth-order valence-corrected chi connectivity index (χ4v) is 4.39. The number of halogens is 1. The quantitative estimate of drug-likeness (QED) is 0.553. The molecule has 0 bridgehead atoms. The van der Waals surface area contributed by atoms with Crippen LogP contribution in [0.25, 0.3) is 10.8 Å². The van der Waals surface area contributed by atoms with E-state index in [1.54, 1.807) is 11.8 Å². The van der Waals surface area contributed by atoms with E-state index in [0.29, 0.717) is 6.42 Å². The molecule has 3 aromatic carbocycles. The Morgan fingerprint density at radius 3 is 2.50 bits per heavy atom. The molecule has 0 saturated heterocycles. The van der Waals surface area contributed by atoms with Gasteiger partial charge in [0.05, 0.1) is 5.69 Å². The maximum absolute atomic E-state index is 12.3. The van der Waals surface area contributed by atoms with Gasteiger partial charge in [-0.2, -0.15) is 0 Å². The molecule has 3 aromatic rings. The lowest BCUT2D eigenvalue weighted by atomic mass is 9.83. The molecule has 1 aliphatic rings. The average Bonchev–Trinajstić information content (AvgIpc) is 2.62. The van der Waals surface area contributed by atoms with Gasteiger partial charge in [0, 0.05) is 27.1 Å². The van der Waals surface area contributed by atoms with Crippen LogP contribution < -0.4 is 5.32 Å². The monoisotopic (exact) mass is 397 g/mol. The van der Waals surface area contributed by atoms with Crippen molar-refractivity contribution in [2.75, 3.05) is 11.6 Å². The molecule has 0 saturated carbocycles. The number of rotatable bonds is 2. The molecular formula is C20H16BrNOS. The normalized spacial score (nSPS) is 16.8. The van der Waals surface area contributed by atoms with Gasteiger partial charge in [-0.15, -0.1) is 11.8 Å². The number of amides is 1. The maximum Gasteiger partial charge on any atom is 0.225 e. The molecule has 2 nitrogen and oxygen atoms in total. The van der Waals surface area contributed by atoms with Gasteiger partial charge < -0.3 is 5.32 Å². The van der Waals surface area contributed by atoms with Gasteiger partial charge in [-0.1, -0.05) is 52.3 Å². The highest BCUT2D eigenvalue weighted by Crippen LogP contribution is 2.43. The van der Waals surface area contributed by atoms with Crippen LogP contribution in [0.5, 0.6) is 0 Å². The van der Waals surface area contributed by atoms with Crippen molar-refractivity contribution in [2.24, 2.45) is 0 Å². The molecule has 120 valence electrons. The van der Waals surface area contributed by atoms with Crippen molar-refractivity contribution < 1.29 is 4.79 Å². The molecule has 24 heavy (non-hydrogen) atoms. The largest absolute Gasteiger partial charge is 0.325 e. The Morgan fingerprint density at radius 2 is 1.79 bits per heavy atom. The van der Waals surface area contributed by atoms with Gasteiger partial charge in [0.1, 0.15) is 0 Å². The van der Waals surface area contributed by atoms with E-state index in [2.05, 4.69) is 70.0 Å². The molecule has 1 heterocycles. The zero-order chi connectivity index (χ0) is 16.7. The van der Waals surface area contributed by atoms with Crippen LogP contribution in [0.15, 0.2) is 64.0 Å². The smallest absolute Gasteiger partial charge is 0.225 e. The van der Waals surface area contributed by atoms with Gasteiger partial charge in [-0.25, -0.2) is 0 Å². The zero-order valence-electron chi connectivity index (χ0n) is 13.2. The summed E-state index contributed by atoms with van der Waals surface area (Å²) in [6.45, 7) is 0. The molecule has 4 heteroatoms. The first kappa shape index (κ1) is 15.7. The molecule has 1 amide bonds. The number of anilines is 1. The maximum atomic E-state index is 12.3. The molecular weight excluding hydrogens is 382 g/mol. The van der Waals surface area contributed by atoms with E-state index in [-0.39, 0.29) is 11.8 Å². The highest BCUT2D eigenvalue weighted by Gasteiger charge is 2.28. The van der Waals surface area contributed by atoms with Crippen LogP contribution in [0, 0.1) is 0 Å². The van der Waals surface area contributed by atoms with Crippen LogP contribution >= 0.6 is 27.7 Å². The van der Waals surface area contributed by atoms with Crippen LogP contribution in [0.4, 0.5) is 5.69 Å². The fourth-order valence-electron chi connectivity index (χ4n) is 3.39. The molecule has 1 atom stereocenters. The Kier molecular flexibility index (Phi) is 4.10. The number of hydrogen-bond donors (Lipinski definition) is 1. The van der Waals surface area contributed by atoms with E-state index >= 15 is 0 Å². The minimum atomic E-state index is 0.0777. The lowest BCUT2D eigenvalue weighted by molar-refractivity contribution is -0.116. The molecule has 0 fully saturated rings. The van der Waals surface area contributed by atoms with Gasteiger partial charge in [0.15, 0.2) is 0 Å². The van der Waals surface area contributed by atoms with E-state index in [4.69, 9.17) is 0 Å². The van der Waals surface area contributed by atoms with Crippen LogP contribution in [0.2, 0.25) is 0 Å². The summed E-state index contributed by atoms with van der Waals surface area (Å²) < 4.78 is 1.07. The summed E-state index contributed by atoms with van der Waals surface area (Å²) in [6.07, 6.45) is 2.55. The van der Waals surface area contributed by atoms with Crippen LogP contribution in [0.1, 0.15) is 23.5 Å². The van der Waals surface area contributed by atoms with E-state index in [1.807, 2.05) is 12.1 Å². The Labute approximate surface area is 153 Å². The van der Waals surface area contributed by atoms with E-state index in [1.165, 1.54) is 16.0 Å². The first-order valence-corrected chi connectivity index (χ1v) is 9.84. The van der Waals surface area contributed by atoms with Gasteiger partial charge in [-0.05, 0) is 41.0 Å². The van der Waals surface area contributed by atoms with E-state index < -0.39 is 0 Å². The molecule has 0 aliphatic carbocycles. The summed E-state index contributed by atoms with van der Waals surface area (Å²) in [5.41, 5.74) is 3.31. The standard InChI is InChI=1S/C20H16BrNOS/c1-24-13-8-6-12(7-9-13)16-11-19(23)22-20-15-5-3-2-4-14(15)18(21)10-17(16)20/h2-10,16H,11H2,1H3,(H,22,23)/t16-/m0/s1. The minimum Gasteiger partial charge on any atom is -0.325 e. The van der Waals surface area contributed by atoms with Crippen LogP contribution in [-0.2, 0) is 4.79 Å². The highest BCUT2D eigenvalue weighted by molar-refractivity contribution is 9.10. The molecule has 4 rings (SSSR count). The lowest BCUT2D eigenvalue weighted by Crippen LogP contribution is -2.23. The highest BCUT2D eigenvalue weighted by atomic mass is 79.9. The van der Waals surface area contributed by atoms with Crippen molar-refractivity contribution in [3.8, 4) is 0 Å². The molecule has 0 aromatic heterocycles. The molecule has 1 aliphatic heterocycles. The summed E-state index contributed by atoms with van der Waals surface area (Å²) in [5, 5.41) is 5.29. The van der Waals surface area contributed by atoms with Crippen molar-refractivity contribution in [3.05, 3.63) is 70.2 Å². The van der Waals surface area contributed by atoms with Gasteiger partial charge in [0.25, 0.3) is 0 Å². The topological polar surface area (TPSA) is 29.1 Å². The second-order valence-corrected chi connectivity index (χ2v) is 7.68. The summed E-state index contributed by atoms with van der Waals surface area (Å²) in [7, 11) is 0. The van der Waals surface area contributed by atoms with Crippen molar-refractivity contribution in [3.63, 3.8) is 0 Å². The number of carbonyl (C=O) groups is 1. The number of thioether (sulfide) groups is 1. The van der Waals surface area contributed by atoms with E-state index in [0.717, 1.165) is 20.9 Å². The first-order valence-electron chi connectivity index (χ1n) is 7.82. The molecule has 0 unspecified atom stereocenters. The number of benzene rings is 3. The zero-order valence-corrected chi connectivity index (χ0v) is 15.6. The summed E-state index contributed by atoms with van der Waals surface area (Å²) in [5.74, 6) is 0.166. The van der Waals surface area contributed by atoms with Crippen LogP contribution in [0.3, 0.4) is 0 Å². The van der Waals surface area contributed by atoms with Gasteiger partial charge in [0.2, 0.25) is 5.91 Å². The summed E-state index contributed by atoms with van der Waals surface area (Å²) >= 11 is 5.43. The number of nitrogens with one attached hydrogen (secondary N) is 1. The average molecular weight is 398 g/mol. The fraction of sp³-hybridized carbons (Fsp3) is 0.150. The van der Waals surface area contributed by atoms with E-state index in [9.17, 15) is 4.79 Å². The van der Waals surface area contributed by atoms with Crippen molar-refractivity contribution in [1.29, 1.82) is 0 Å². The number of carbonyl (C=O) groups excluding carboxylic acids is 1. The predicted octanol–water partition coefficient (Wildman–Crippen LogP) is 5.80. The predicted molar refractivity (Wildman–Crippen MR) is 105 cm³/mol. The first-order chi connectivity index (χ1) is 11.7. The number of fused-ring (bicyclic) bond motifs is 3. The number of hydrogen-bond acceptors (Lipinski definition) is 2. The third-order valence-electron chi connectivity index (χ3n) is 4.57. The molecule has 0 spiro atoms. The van der Waals surface area contributed by atoms with Gasteiger partial charge >= 0.3 is 0 Å². The Hall–Kier alpha value is -1.78. The Balaban J connectivity index is 1.91. The van der Waals surface area contributed by atoms with Crippen molar-refractivity contribution in [1.82, 2.24) is 0 Å². The third-order valence-corrected chi connectivity index (χ3v) is 5.97. The summed E-state index contributed by atoms with van der Waals surface area (Å²) in [6, 6.07) is 18.9. The summed E-state index contributed by atoms with van der Waals surface area (Å²) in [4.78, 5) is 13.6. The Bertz CT molecular complexity index is 936. The van der Waals surface area contributed by atoms with Crippen molar-refractivity contribution in [2.45, 2.75) is 17.2 Å². The van der Waals surface area contributed by atoms with Crippen molar-refractivity contribution >= 4 is 50.1 Å². The third kappa shape index (κ3) is 2.64. The lowest BCUT2D eigenvalue weighted by Gasteiger charge is -2.28. The minimum absolute atomic E-state index is 0.0777. The second-order valence-electron chi connectivity index (χ2n) is 5.95. The van der Waals surface area contributed by atoms with Crippen LogP contribution in [-0.4, -0.2) is 12.2 Å².